The van der Waals surface area contributed by atoms with Crippen molar-refractivity contribution in [2.24, 2.45) is 11.1 Å². The molecule has 0 aliphatic carbocycles. The molecule has 0 bridgehead atoms. The van der Waals surface area contributed by atoms with E-state index in [4.69, 9.17) is 10.5 Å². The fourth-order valence-electron chi connectivity index (χ4n) is 2.67. The largest absolute Gasteiger partial charge is 0.380 e. The van der Waals surface area contributed by atoms with Crippen molar-refractivity contribution in [2.75, 3.05) is 26.8 Å². The van der Waals surface area contributed by atoms with E-state index in [0.29, 0.717) is 12.5 Å². The minimum absolute atomic E-state index is 0.0636. The van der Waals surface area contributed by atoms with Gasteiger partial charge in [-0.25, -0.2) is 0 Å². The Balaban J connectivity index is 2.22. The van der Waals surface area contributed by atoms with E-state index in [0.717, 1.165) is 13.2 Å². The van der Waals surface area contributed by atoms with Gasteiger partial charge in [-0.2, -0.15) is 0 Å². The summed E-state index contributed by atoms with van der Waals surface area (Å²) < 4.78 is 5.38. The highest BCUT2D eigenvalue weighted by Gasteiger charge is 2.44. The number of nitrogens with one attached hydrogen (secondary N) is 1. The highest BCUT2D eigenvalue weighted by atomic mass is 16.5. The van der Waals surface area contributed by atoms with Crippen LogP contribution in [0.3, 0.4) is 0 Å². The zero-order valence-corrected chi connectivity index (χ0v) is 11.6. The first-order valence-electron chi connectivity index (χ1n) is 6.68. The van der Waals surface area contributed by atoms with Crippen molar-refractivity contribution in [1.82, 2.24) is 5.32 Å². The molecule has 1 aliphatic rings. The normalized spacial score (nSPS) is 19.6. The van der Waals surface area contributed by atoms with Crippen LogP contribution in [0.15, 0.2) is 24.3 Å². The monoisotopic (exact) mass is 248 g/mol. The van der Waals surface area contributed by atoms with Gasteiger partial charge < -0.3 is 15.8 Å². The highest BCUT2D eigenvalue weighted by molar-refractivity contribution is 5.29. The van der Waals surface area contributed by atoms with Crippen molar-refractivity contribution in [1.29, 1.82) is 0 Å². The predicted octanol–water partition coefficient (Wildman–Crippen LogP) is 2.05. The summed E-state index contributed by atoms with van der Waals surface area (Å²) in [4.78, 5) is 0. The van der Waals surface area contributed by atoms with E-state index >= 15 is 0 Å². The molecular formula is C15H24N2O. The summed E-state index contributed by atoms with van der Waals surface area (Å²) in [5.41, 5.74) is 8.68. The van der Waals surface area contributed by atoms with Crippen molar-refractivity contribution in [3.63, 3.8) is 0 Å². The van der Waals surface area contributed by atoms with E-state index in [1.165, 1.54) is 11.1 Å². The molecule has 3 heteroatoms. The van der Waals surface area contributed by atoms with E-state index in [-0.39, 0.29) is 11.5 Å². The molecule has 1 aliphatic heterocycles. The predicted molar refractivity (Wildman–Crippen MR) is 74.6 cm³/mol. The van der Waals surface area contributed by atoms with Crippen molar-refractivity contribution in [3.05, 3.63) is 35.4 Å². The quantitative estimate of drug-likeness (QED) is 0.838. The van der Waals surface area contributed by atoms with Gasteiger partial charge in [-0.15, -0.1) is 0 Å². The lowest BCUT2D eigenvalue weighted by molar-refractivity contribution is -0.126. The summed E-state index contributed by atoms with van der Waals surface area (Å²) >= 11 is 0. The summed E-state index contributed by atoms with van der Waals surface area (Å²) in [6, 6.07) is 9.14. The number of ether oxygens (including phenoxy) is 1. The summed E-state index contributed by atoms with van der Waals surface area (Å²) in [6.07, 6.45) is 0. The van der Waals surface area contributed by atoms with Crippen LogP contribution < -0.4 is 11.1 Å². The molecular weight excluding hydrogens is 224 g/mol. The maximum atomic E-state index is 5.94. The van der Waals surface area contributed by atoms with E-state index in [9.17, 15) is 0 Å². The topological polar surface area (TPSA) is 47.3 Å². The molecule has 0 radical (unpaired) electrons. The maximum Gasteiger partial charge on any atom is 0.0575 e. The van der Waals surface area contributed by atoms with Crippen molar-refractivity contribution < 1.29 is 4.74 Å². The second kappa shape index (κ2) is 5.39. The molecule has 1 heterocycles. The van der Waals surface area contributed by atoms with Crippen LogP contribution in [-0.2, 0) is 4.74 Å². The van der Waals surface area contributed by atoms with Gasteiger partial charge in [0.15, 0.2) is 0 Å². The Bertz CT molecular complexity index is 376. The van der Waals surface area contributed by atoms with Crippen molar-refractivity contribution in [2.45, 2.75) is 25.8 Å². The Morgan fingerprint density at radius 1 is 1.22 bits per heavy atom. The summed E-state index contributed by atoms with van der Waals surface area (Å²) in [5, 5.41) is 3.40. The second-order valence-corrected chi connectivity index (χ2v) is 5.60. The Labute approximate surface area is 110 Å². The average Bonchev–Trinajstić information content (AvgIpc) is 2.34. The van der Waals surface area contributed by atoms with Crippen LogP contribution in [0.5, 0.6) is 0 Å². The van der Waals surface area contributed by atoms with Gasteiger partial charge in [-0.05, 0) is 24.1 Å². The third-order valence-electron chi connectivity index (χ3n) is 4.02. The molecule has 18 heavy (non-hydrogen) atoms. The molecule has 1 atom stereocenters. The lowest BCUT2D eigenvalue weighted by Crippen LogP contribution is -2.55. The molecule has 1 saturated heterocycles. The van der Waals surface area contributed by atoms with E-state index < -0.39 is 0 Å². The average molecular weight is 248 g/mol. The van der Waals surface area contributed by atoms with Crippen LogP contribution in [0.25, 0.3) is 0 Å². The van der Waals surface area contributed by atoms with Gasteiger partial charge in [0, 0.05) is 18.0 Å². The van der Waals surface area contributed by atoms with Crippen molar-refractivity contribution >= 4 is 0 Å². The molecule has 0 spiro atoms. The maximum absolute atomic E-state index is 5.94. The lowest BCUT2D eigenvalue weighted by atomic mass is 9.75. The van der Waals surface area contributed by atoms with Crippen LogP contribution in [0.4, 0.5) is 0 Å². The Kier molecular flexibility index (Phi) is 4.05. The summed E-state index contributed by atoms with van der Waals surface area (Å²) in [6.45, 7) is 6.59. The van der Waals surface area contributed by atoms with Crippen molar-refractivity contribution in [3.8, 4) is 0 Å². The second-order valence-electron chi connectivity index (χ2n) is 5.60. The van der Waals surface area contributed by atoms with E-state index in [2.05, 4.69) is 43.4 Å². The molecule has 1 aromatic rings. The first-order chi connectivity index (χ1) is 8.63. The first kappa shape index (κ1) is 13.5. The Morgan fingerprint density at radius 2 is 1.78 bits per heavy atom. The highest BCUT2D eigenvalue weighted by Crippen LogP contribution is 2.39. The van der Waals surface area contributed by atoms with Gasteiger partial charge in [-0.1, -0.05) is 38.1 Å². The van der Waals surface area contributed by atoms with Gasteiger partial charge in [0.05, 0.1) is 13.2 Å². The molecule has 0 amide bonds. The Hall–Kier alpha value is -0.900. The summed E-state index contributed by atoms with van der Waals surface area (Å²) in [5.74, 6) is 0.572. The zero-order chi connectivity index (χ0) is 13.2. The van der Waals surface area contributed by atoms with Crippen LogP contribution >= 0.6 is 0 Å². The third kappa shape index (κ3) is 2.30. The molecule has 0 saturated carbocycles. The minimum atomic E-state index is 0.0636. The van der Waals surface area contributed by atoms with E-state index in [1.54, 1.807) is 0 Å². The molecule has 1 unspecified atom stereocenters. The Morgan fingerprint density at radius 3 is 2.11 bits per heavy atom. The molecule has 100 valence electrons. The van der Waals surface area contributed by atoms with E-state index in [1.807, 2.05) is 7.05 Å². The SMILES string of the molecule is CNC(c1ccc(C(C)C)cc1)C1(CN)COC1. The lowest BCUT2D eigenvalue weighted by Gasteiger charge is -2.46. The molecule has 1 aromatic carbocycles. The van der Waals surface area contributed by atoms with Gasteiger partial charge in [0.1, 0.15) is 0 Å². The number of hydrogen-bond acceptors (Lipinski definition) is 3. The molecule has 1 fully saturated rings. The standard InChI is InChI=1S/C15H24N2O/c1-11(2)12-4-6-13(7-5-12)14(17-3)15(8-16)9-18-10-15/h4-7,11,14,17H,8-10,16H2,1-3H3. The number of benzene rings is 1. The van der Waals surface area contributed by atoms with Crippen LogP contribution in [-0.4, -0.2) is 26.8 Å². The third-order valence-corrected chi connectivity index (χ3v) is 4.02. The van der Waals surface area contributed by atoms with Gasteiger partial charge in [0.2, 0.25) is 0 Å². The van der Waals surface area contributed by atoms with Gasteiger partial charge in [-0.3, -0.25) is 0 Å². The molecule has 3 nitrogen and oxygen atoms in total. The number of hydrogen-bond donors (Lipinski definition) is 2. The molecule has 3 N–H and O–H groups in total. The van der Waals surface area contributed by atoms with Gasteiger partial charge in [0.25, 0.3) is 0 Å². The molecule has 2 rings (SSSR count). The fourth-order valence-corrected chi connectivity index (χ4v) is 2.67. The zero-order valence-electron chi connectivity index (χ0n) is 11.6. The summed E-state index contributed by atoms with van der Waals surface area (Å²) in [7, 11) is 2.00. The van der Waals surface area contributed by atoms with Crippen LogP contribution in [0.2, 0.25) is 0 Å². The minimum Gasteiger partial charge on any atom is -0.380 e. The number of nitrogens with two attached hydrogens (primary N) is 1. The molecule has 0 aromatic heterocycles. The smallest absolute Gasteiger partial charge is 0.0575 e. The number of rotatable bonds is 5. The van der Waals surface area contributed by atoms with Crippen LogP contribution in [0.1, 0.15) is 36.9 Å². The fraction of sp³-hybridized carbons (Fsp3) is 0.600. The van der Waals surface area contributed by atoms with Crippen LogP contribution in [0, 0.1) is 5.41 Å². The first-order valence-corrected chi connectivity index (χ1v) is 6.68. The van der Waals surface area contributed by atoms with Gasteiger partial charge >= 0.3 is 0 Å².